The Hall–Kier alpha value is -2.62. The van der Waals surface area contributed by atoms with E-state index < -0.39 is 33.3 Å². The zero-order chi connectivity index (χ0) is 20.9. The van der Waals surface area contributed by atoms with Crippen molar-refractivity contribution in [3.8, 4) is 0 Å². The van der Waals surface area contributed by atoms with Crippen LogP contribution in [0.25, 0.3) is 0 Å². The van der Waals surface area contributed by atoms with Gasteiger partial charge in [0.05, 0.1) is 11.5 Å². The summed E-state index contributed by atoms with van der Waals surface area (Å²) in [5.74, 6) is -1.18. The van der Waals surface area contributed by atoms with E-state index in [1.54, 1.807) is 32.9 Å². The Kier molecular flexibility index (Phi) is 6.65. The molecule has 0 radical (unpaired) electrons. The lowest BCUT2D eigenvalue weighted by Gasteiger charge is -2.19. The van der Waals surface area contributed by atoms with Gasteiger partial charge in [-0.15, -0.1) is 0 Å². The molecule has 1 heterocycles. The first-order chi connectivity index (χ1) is 12.9. The molecule has 3 amide bonds. The predicted octanol–water partition coefficient (Wildman–Crippen LogP) is 1.62. The Morgan fingerprint density at radius 1 is 1.18 bits per heavy atom. The molecule has 2 rings (SSSR count). The number of benzene rings is 1. The molecular formula is C18H25N3O6S. The summed E-state index contributed by atoms with van der Waals surface area (Å²) >= 11 is 0. The zero-order valence-corrected chi connectivity index (χ0v) is 16.9. The second kappa shape index (κ2) is 8.59. The quantitative estimate of drug-likeness (QED) is 0.645. The molecule has 10 heteroatoms. The van der Waals surface area contributed by atoms with Gasteiger partial charge in [0.25, 0.3) is 5.91 Å². The molecule has 1 aliphatic rings. The standard InChI is InChI=1S/C18H25N3O6S/c1-18(2,3)27-17(24)19-14-6-4-5-13(10-14)16(23)21-20-15(22)9-12-7-8-28(25,26)11-12/h4-6,10,12H,7-9,11H2,1-3H3,(H,19,24)(H,20,22)(H,21,23)/t12-/m0/s1. The summed E-state index contributed by atoms with van der Waals surface area (Å²) in [6.45, 7) is 5.21. The van der Waals surface area contributed by atoms with E-state index in [1.165, 1.54) is 12.1 Å². The summed E-state index contributed by atoms with van der Waals surface area (Å²) in [4.78, 5) is 35.9. The lowest BCUT2D eigenvalue weighted by atomic mass is 10.1. The van der Waals surface area contributed by atoms with Crippen molar-refractivity contribution in [2.75, 3.05) is 16.8 Å². The SMILES string of the molecule is CC(C)(C)OC(=O)Nc1cccc(C(=O)NNC(=O)C[C@@H]2CCS(=O)(=O)C2)c1. The van der Waals surface area contributed by atoms with E-state index in [0.717, 1.165) is 0 Å². The smallest absolute Gasteiger partial charge is 0.412 e. The molecule has 28 heavy (non-hydrogen) atoms. The zero-order valence-electron chi connectivity index (χ0n) is 16.1. The van der Waals surface area contributed by atoms with Crippen molar-refractivity contribution >= 4 is 33.4 Å². The van der Waals surface area contributed by atoms with Crippen LogP contribution in [0.3, 0.4) is 0 Å². The molecule has 0 aliphatic carbocycles. The number of hydrogen-bond donors (Lipinski definition) is 3. The highest BCUT2D eigenvalue weighted by molar-refractivity contribution is 7.91. The van der Waals surface area contributed by atoms with Gasteiger partial charge in [-0.1, -0.05) is 6.07 Å². The average Bonchev–Trinajstić information content (AvgIpc) is 2.89. The molecule has 1 aromatic rings. The van der Waals surface area contributed by atoms with Crippen LogP contribution < -0.4 is 16.2 Å². The number of rotatable bonds is 4. The van der Waals surface area contributed by atoms with E-state index in [9.17, 15) is 22.8 Å². The fraction of sp³-hybridized carbons (Fsp3) is 0.500. The molecule has 0 bridgehead atoms. The molecule has 9 nitrogen and oxygen atoms in total. The van der Waals surface area contributed by atoms with E-state index in [-0.39, 0.29) is 29.4 Å². The fourth-order valence-electron chi connectivity index (χ4n) is 2.70. The second-order valence-corrected chi connectivity index (χ2v) is 9.91. The van der Waals surface area contributed by atoms with Gasteiger partial charge >= 0.3 is 6.09 Å². The maximum Gasteiger partial charge on any atom is 0.412 e. The van der Waals surface area contributed by atoms with E-state index in [2.05, 4.69) is 16.2 Å². The minimum absolute atomic E-state index is 0.00720. The fourth-order valence-corrected chi connectivity index (χ4v) is 4.57. The topological polar surface area (TPSA) is 131 Å². The summed E-state index contributed by atoms with van der Waals surface area (Å²) in [7, 11) is -3.05. The molecule has 0 spiro atoms. The highest BCUT2D eigenvalue weighted by Crippen LogP contribution is 2.21. The maximum absolute atomic E-state index is 12.2. The van der Waals surface area contributed by atoms with Crippen molar-refractivity contribution in [3.05, 3.63) is 29.8 Å². The monoisotopic (exact) mass is 411 g/mol. The number of nitrogens with one attached hydrogen (secondary N) is 3. The van der Waals surface area contributed by atoms with Gasteiger partial charge < -0.3 is 4.74 Å². The van der Waals surface area contributed by atoms with Crippen LogP contribution >= 0.6 is 0 Å². The Bertz CT molecular complexity index is 860. The van der Waals surface area contributed by atoms with Gasteiger partial charge in [-0.25, -0.2) is 13.2 Å². The number of hydrazine groups is 1. The first-order valence-electron chi connectivity index (χ1n) is 8.83. The van der Waals surface area contributed by atoms with Gasteiger partial charge in [0.1, 0.15) is 5.60 Å². The number of ether oxygens (including phenoxy) is 1. The lowest BCUT2D eigenvalue weighted by Crippen LogP contribution is -2.42. The first kappa shape index (κ1) is 21.7. The molecule has 1 fully saturated rings. The van der Waals surface area contributed by atoms with Crippen molar-refractivity contribution < 1.29 is 27.5 Å². The molecule has 1 atom stereocenters. The van der Waals surface area contributed by atoms with Crippen LogP contribution in [0.15, 0.2) is 24.3 Å². The van der Waals surface area contributed by atoms with Crippen molar-refractivity contribution in [2.45, 2.75) is 39.2 Å². The molecule has 0 aromatic heterocycles. The van der Waals surface area contributed by atoms with Crippen LogP contribution in [0.5, 0.6) is 0 Å². The molecule has 1 saturated heterocycles. The van der Waals surface area contributed by atoms with Crippen LogP contribution in [0, 0.1) is 5.92 Å². The lowest BCUT2D eigenvalue weighted by molar-refractivity contribution is -0.122. The highest BCUT2D eigenvalue weighted by atomic mass is 32.2. The number of sulfone groups is 1. The number of carbonyl (C=O) groups excluding carboxylic acids is 3. The third-order valence-electron chi connectivity index (χ3n) is 3.89. The van der Waals surface area contributed by atoms with Crippen LogP contribution in [-0.4, -0.2) is 43.4 Å². The van der Waals surface area contributed by atoms with E-state index in [0.29, 0.717) is 12.1 Å². The third-order valence-corrected chi connectivity index (χ3v) is 5.72. The molecule has 1 aromatic carbocycles. The normalized spacial score (nSPS) is 18.2. The van der Waals surface area contributed by atoms with Crippen molar-refractivity contribution in [3.63, 3.8) is 0 Å². The minimum Gasteiger partial charge on any atom is -0.444 e. The minimum atomic E-state index is -3.05. The summed E-state index contributed by atoms with van der Waals surface area (Å²) in [5.41, 5.74) is 4.50. The number of amides is 3. The van der Waals surface area contributed by atoms with Gasteiger partial charge in [0.2, 0.25) is 5.91 Å². The van der Waals surface area contributed by atoms with Crippen LogP contribution in [-0.2, 0) is 19.4 Å². The molecule has 0 unspecified atom stereocenters. The van der Waals surface area contributed by atoms with Crippen molar-refractivity contribution in [1.29, 1.82) is 0 Å². The first-order valence-corrected chi connectivity index (χ1v) is 10.7. The Morgan fingerprint density at radius 3 is 2.50 bits per heavy atom. The predicted molar refractivity (Wildman–Crippen MR) is 103 cm³/mol. The van der Waals surface area contributed by atoms with Gasteiger partial charge in [0.15, 0.2) is 9.84 Å². The number of hydrogen-bond acceptors (Lipinski definition) is 6. The molecular weight excluding hydrogens is 386 g/mol. The van der Waals surface area contributed by atoms with Gasteiger partial charge in [-0.05, 0) is 51.3 Å². The maximum atomic E-state index is 12.2. The van der Waals surface area contributed by atoms with Gasteiger partial charge in [-0.3, -0.25) is 25.8 Å². The highest BCUT2D eigenvalue weighted by Gasteiger charge is 2.29. The average molecular weight is 411 g/mol. The third kappa shape index (κ3) is 7.18. The molecule has 3 N–H and O–H groups in total. The van der Waals surface area contributed by atoms with E-state index in [4.69, 9.17) is 4.74 Å². The molecule has 0 saturated carbocycles. The van der Waals surface area contributed by atoms with Crippen molar-refractivity contribution in [2.24, 2.45) is 5.92 Å². The summed E-state index contributed by atoms with van der Waals surface area (Å²) < 4.78 is 28.0. The van der Waals surface area contributed by atoms with Crippen molar-refractivity contribution in [1.82, 2.24) is 10.9 Å². The van der Waals surface area contributed by atoms with Crippen LogP contribution in [0.1, 0.15) is 44.0 Å². The summed E-state index contributed by atoms with van der Waals surface area (Å²) in [6.07, 6.45) is -0.174. The Labute approximate surface area is 164 Å². The Morgan fingerprint density at radius 2 is 1.89 bits per heavy atom. The van der Waals surface area contributed by atoms with E-state index in [1.807, 2.05) is 0 Å². The van der Waals surface area contributed by atoms with Gasteiger partial charge in [-0.2, -0.15) is 0 Å². The second-order valence-electron chi connectivity index (χ2n) is 7.68. The van der Waals surface area contributed by atoms with Crippen LogP contribution in [0.2, 0.25) is 0 Å². The summed E-state index contributed by atoms with van der Waals surface area (Å²) in [6, 6.07) is 6.13. The largest absolute Gasteiger partial charge is 0.444 e. The summed E-state index contributed by atoms with van der Waals surface area (Å²) in [5, 5.41) is 2.53. The van der Waals surface area contributed by atoms with E-state index >= 15 is 0 Å². The number of carbonyl (C=O) groups is 3. The molecule has 1 aliphatic heterocycles. The molecule has 154 valence electrons. The van der Waals surface area contributed by atoms with Gasteiger partial charge in [0, 0.05) is 17.7 Å². The Balaban J connectivity index is 1.85. The number of anilines is 1. The van der Waals surface area contributed by atoms with Crippen LogP contribution in [0.4, 0.5) is 10.5 Å².